The Hall–Kier alpha value is -1.36. The molecule has 0 aliphatic heterocycles. The summed E-state index contributed by atoms with van der Waals surface area (Å²) in [5.74, 6) is 0.407. The Morgan fingerprint density at radius 1 is 1.53 bits per heavy atom. The van der Waals surface area contributed by atoms with Crippen molar-refractivity contribution >= 4 is 5.82 Å². The highest BCUT2D eigenvalue weighted by molar-refractivity contribution is 5.32. The molecule has 0 bridgehead atoms. The van der Waals surface area contributed by atoms with Gasteiger partial charge in [-0.05, 0) is 12.8 Å². The minimum absolute atomic E-state index is 0.0658. The zero-order valence-corrected chi connectivity index (χ0v) is 10.8. The molecule has 17 heavy (non-hydrogen) atoms. The van der Waals surface area contributed by atoms with E-state index in [-0.39, 0.29) is 11.6 Å². The van der Waals surface area contributed by atoms with Crippen LogP contribution in [0.2, 0.25) is 0 Å². The molecule has 1 rings (SSSR count). The summed E-state index contributed by atoms with van der Waals surface area (Å²) < 4.78 is 6.76. The second-order valence-electron chi connectivity index (χ2n) is 3.98. The monoisotopic (exact) mass is 239 g/mol. The topological polar surface area (TPSA) is 56.1 Å². The number of nitrogens with zero attached hydrogens (tertiary/aromatic N) is 2. The van der Waals surface area contributed by atoms with E-state index in [4.69, 9.17) is 4.74 Å². The SMILES string of the molecule is CCCn1ccnc(NC(CC)COC)c1=O. The zero-order valence-electron chi connectivity index (χ0n) is 10.8. The first-order chi connectivity index (χ1) is 8.22. The fourth-order valence-corrected chi connectivity index (χ4v) is 1.62. The zero-order chi connectivity index (χ0) is 12.7. The maximum Gasteiger partial charge on any atom is 0.293 e. The van der Waals surface area contributed by atoms with Gasteiger partial charge in [-0.15, -0.1) is 0 Å². The number of nitrogens with one attached hydrogen (secondary N) is 1. The summed E-state index contributed by atoms with van der Waals surface area (Å²) in [4.78, 5) is 16.1. The molecule has 0 amide bonds. The first-order valence-electron chi connectivity index (χ1n) is 6.03. The molecule has 1 heterocycles. The van der Waals surface area contributed by atoms with Crippen LogP contribution in [0.15, 0.2) is 17.2 Å². The number of hydrogen-bond acceptors (Lipinski definition) is 4. The standard InChI is InChI=1S/C12H21N3O2/c1-4-7-15-8-6-13-11(12(15)16)14-10(5-2)9-17-3/h6,8,10H,4-5,7,9H2,1-3H3,(H,13,14). The molecule has 1 aromatic heterocycles. The van der Waals surface area contributed by atoms with Crippen LogP contribution in [0.4, 0.5) is 5.82 Å². The minimum Gasteiger partial charge on any atom is -0.383 e. The number of aromatic nitrogens is 2. The molecule has 0 aromatic carbocycles. The molecular formula is C12H21N3O2. The Labute approximate surface area is 102 Å². The average Bonchev–Trinajstić information content (AvgIpc) is 2.33. The van der Waals surface area contributed by atoms with Crippen molar-refractivity contribution < 1.29 is 4.74 Å². The van der Waals surface area contributed by atoms with Crippen molar-refractivity contribution in [3.05, 3.63) is 22.7 Å². The molecule has 1 atom stereocenters. The van der Waals surface area contributed by atoms with Crippen LogP contribution >= 0.6 is 0 Å². The highest BCUT2D eigenvalue weighted by atomic mass is 16.5. The highest BCUT2D eigenvalue weighted by Crippen LogP contribution is 2.01. The van der Waals surface area contributed by atoms with E-state index in [1.54, 1.807) is 24.1 Å². The van der Waals surface area contributed by atoms with Gasteiger partial charge < -0.3 is 14.6 Å². The van der Waals surface area contributed by atoms with Crippen molar-refractivity contribution in [2.45, 2.75) is 39.3 Å². The van der Waals surface area contributed by atoms with Gasteiger partial charge in [-0.25, -0.2) is 4.98 Å². The van der Waals surface area contributed by atoms with Gasteiger partial charge in [0.25, 0.3) is 5.56 Å². The minimum atomic E-state index is -0.0658. The normalized spacial score (nSPS) is 12.4. The summed E-state index contributed by atoms with van der Waals surface area (Å²) >= 11 is 0. The van der Waals surface area contributed by atoms with Gasteiger partial charge in [0.1, 0.15) is 0 Å². The second kappa shape index (κ2) is 7.06. The predicted octanol–water partition coefficient (Wildman–Crippen LogP) is 1.49. The van der Waals surface area contributed by atoms with E-state index < -0.39 is 0 Å². The molecule has 5 heteroatoms. The Morgan fingerprint density at radius 3 is 2.88 bits per heavy atom. The lowest BCUT2D eigenvalue weighted by Gasteiger charge is -2.16. The third-order valence-corrected chi connectivity index (χ3v) is 2.58. The maximum atomic E-state index is 12.0. The number of hydrogen-bond donors (Lipinski definition) is 1. The van der Waals surface area contributed by atoms with Gasteiger partial charge in [0.2, 0.25) is 0 Å². The summed E-state index contributed by atoms with van der Waals surface area (Å²) in [6.07, 6.45) is 5.18. The summed E-state index contributed by atoms with van der Waals surface area (Å²) in [6, 6.07) is 0.123. The quantitative estimate of drug-likeness (QED) is 0.783. The van der Waals surface area contributed by atoms with Gasteiger partial charge >= 0.3 is 0 Å². The number of anilines is 1. The van der Waals surface area contributed by atoms with Crippen molar-refractivity contribution in [2.75, 3.05) is 19.0 Å². The van der Waals surface area contributed by atoms with Gasteiger partial charge in [-0.3, -0.25) is 4.79 Å². The summed E-state index contributed by atoms with van der Waals surface area (Å²) in [7, 11) is 1.65. The second-order valence-corrected chi connectivity index (χ2v) is 3.98. The fraction of sp³-hybridized carbons (Fsp3) is 0.667. The molecule has 1 N–H and O–H groups in total. The van der Waals surface area contributed by atoms with Gasteiger partial charge in [0.15, 0.2) is 5.82 Å². The smallest absolute Gasteiger partial charge is 0.293 e. The van der Waals surface area contributed by atoms with Crippen LogP contribution in [0, 0.1) is 0 Å². The largest absolute Gasteiger partial charge is 0.383 e. The van der Waals surface area contributed by atoms with E-state index in [1.165, 1.54) is 0 Å². The molecule has 0 saturated carbocycles. The lowest BCUT2D eigenvalue weighted by atomic mass is 10.2. The molecule has 1 unspecified atom stereocenters. The first kappa shape index (κ1) is 13.7. The Balaban J connectivity index is 2.83. The van der Waals surface area contributed by atoms with E-state index in [0.29, 0.717) is 12.4 Å². The predicted molar refractivity (Wildman–Crippen MR) is 68.4 cm³/mol. The van der Waals surface area contributed by atoms with Crippen LogP contribution in [0.5, 0.6) is 0 Å². The molecule has 0 aliphatic carbocycles. The first-order valence-corrected chi connectivity index (χ1v) is 6.03. The average molecular weight is 239 g/mol. The number of rotatable bonds is 7. The Kier molecular flexibility index (Phi) is 5.69. The molecule has 96 valence electrons. The molecule has 5 nitrogen and oxygen atoms in total. The fourth-order valence-electron chi connectivity index (χ4n) is 1.62. The van der Waals surface area contributed by atoms with Gasteiger partial charge in [-0.1, -0.05) is 13.8 Å². The van der Waals surface area contributed by atoms with E-state index in [9.17, 15) is 4.79 Å². The third-order valence-electron chi connectivity index (χ3n) is 2.58. The molecule has 0 aliphatic rings. The van der Waals surface area contributed by atoms with Crippen molar-refractivity contribution in [3.63, 3.8) is 0 Å². The van der Waals surface area contributed by atoms with Crippen LogP contribution in [-0.2, 0) is 11.3 Å². The van der Waals surface area contributed by atoms with Crippen LogP contribution in [0.25, 0.3) is 0 Å². The lowest BCUT2D eigenvalue weighted by molar-refractivity contribution is 0.184. The number of methoxy groups -OCH3 is 1. The van der Waals surface area contributed by atoms with Crippen LogP contribution in [0.3, 0.4) is 0 Å². The van der Waals surface area contributed by atoms with Crippen LogP contribution < -0.4 is 10.9 Å². The van der Waals surface area contributed by atoms with Crippen molar-refractivity contribution in [3.8, 4) is 0 Å². The van der Waals surface area contributed by atoms with Gasteiger partial charge in [0.05, 0.1) is 12.6 Å². The third kappa shape index (κ3) is 3.85. The number of ether oxygens (including phenoxy) is 1. The molecule has 0 saturated heterocycles. The van der Waals surface area contributed by atoms with E-state index >= 15 is 0 Å². The summed E-state index contributed by atoms with van der Waals surface area (Å²) in [5.41, 5.74) is -0.0658. The van der Waals surface area contributed by atoms with Gasteiger partial charge in [-0.2, -0.15) is 0 Å². The summed E-state index contributed by atoms with van der Waals surface area (Å²) in [5, 5.41) is 3.13. The van der Waals surface area contributed by atoms with Crippen molar-refractivity contribution in [1.29, 1.82) is 0 Å². The summed E-state index contributed by atoms with van der Waals surface area (Å²) in [6.45, 7) is 5.38. The highest BCUT2D eigenvalue weighted by Gasteiger charge is 2.10. The molecular weight excluding hydrogens is 218 g/mol. The van der Waals surface area contributed by atoms with Crippen LogP contribution in [-0.4, -0.2) is 29.3 Å². The molecule has 0 spiro atoms. The molecule has 0 fully saturated rings. The maximum absolute atomic E-state index is 12.0. The van der Waals surface area contributed by atoms with Crippen LogP contribution in [0.1, 0.15) is 26.7 Å². The Morgan fingerprint density at radius 2 is 2.29 bits per heavy atom. The molecule has 0 radical (unpaired) electrons. The van der Waals surface area contributed by atoms with E-state index in [0.717, 1.165) is 19.4 Å². The number of aryl methyl sites for hydroxylation is 1. The van der Waals surface area contributed by atoms with Crippen molar-refractivity contribution in [2.24, 2.45) is 0 Å². The van der Waals surface area contributed by atoms with Crippen molar-refractivity contribution in [1.82, 2.24) is 9.55 Å². The van der Waals surface area contributed by atoms with E-state index in [1.807, 2.05) is 13.8 Å². The lowest BCUT2D eigenvalue weighted by Crippen LogP contribution is -2.31. The van der Waals surface area contributed by atoms with E-state index in [2.05, 4.69) is 10.3 Å². The Bertz CT molecular complexity index is 390. The van der Waals surface area contributed by atoms with Gasteiger partial charge in [0, 0.05) is 26.0 Å². The molecule has 1 aromatic rings.